The number of anilines is 1. The number of rotatable bonds is 4. The van der Waals surface area contributed by atoms with Gasteiger partial charge in [0, 0.05) is 24.1 Å². The van der Waals surface area contributed by atoms with E-state index in [9.17, 15) is 26.3 Å². The Morgan fingerprint density at radius 1 is 1.07 bits per heavy atom. The van der Waals surface area contributed by atoms with Gasteiger partial charge in [0.25, 0.3) is 0 Å². The van der Waals surface area contributed by atoms with E-state index in [0.29, 0.717) is 16.5 Å². The second-order valence-electron chi connectivity index (χ2n) is 5.87. The van der Waals surface area contributed by atoms with Crippen LogP contribution in [0.15, 0.2) is 36.4 Å². The van der Waals surface area contributed by atoms with Gasteiger partial charge in [-0.05, 0) is 29.8 Å². The molecule has 0 fully saturated rings. The van der Waals surface area contributed by atoms with Crippen LogP contribution in [0.4, 0.5) is 32.2 Å². The molecule has 0 atom stereocenters. The first-order valence-electron chi connectivity index (χ1n) is 7.59. The third-order valence-corrected chi connectivity index (χ3v) is 3.96. The molecule has 3 rings (SSSR count). The van der Waals surface area contributed by atoms with E-state index in [2.05, 4.69) is 9.84 Å². The monoisotopic (exact) mass is 389 g/mol. The predicted molar refractivity (Wildman–Crippen MR) is 87.0 cm³/mol. The number of ether oxygens (including phenoxy) is 1. The fourth-order valence-corrected chi connectivity index (χ4v) is 2.56. The molecule has 27 heavy (non-hydrogen) atoms. The van der Waals surface area contributed by atoms with E-state index >= 15 is 0 Å². The molecule has 1 aromatic heterocycles. The van der Waals surface area contributed by atoms with Gasteiger partial charge in [-0.15, -0.1) is 0 Å². The maximum Gasteiger partial charge on any atom is 0.456 e. The van der Waals surface area contributed by atoms with Crippen LogP contribution in [0.2, 0.25) is 0 Å². The van der Waals surface area contributed by atoms with Crippen LogP contribution in [0.5, 0.6) is 5.75 Å². The second kappa shape index (κ2) is 6.36. The van der Waals surface area contributed by atoms with E-state index in [4.69, 9.17) is 5.73 Å². The van der Waals surface area contributed by atoms with Gasteiger partial charge in [-0.2, -0.15) is 27.1 Å². The summed E-state index contributed by atoms with van der Waals surface area (Å²) >= 11 is 0. The fraction of sp³-hybridized carbons (Fsp3) is 0.235. The lowest BCUT2D eigenvalue weighted by atomic mass is 10.0. The van der Waals surface area contributed by atoms with Crippen molar-refractivity contribution in [1.29, 1.82) is 0 Å². The van der Waals surface area contributed by atoms with E-state index in [-0.39, 0.29) is 11.4 Å². The lowest BCUT2D eigenvalue weighted by Crippen LogP contribution is -2.41. The number of halogens is 6. The van der Waals surface area contributed by atoms with Crippen LogP contribution in [0.1, 0.15) is 0 Å². The summed E-state index contributed by atoms with van der Waals surface area (Å²) in [5.74, 6) is -6.07. The molecule has 2 aromatic carbocycles. The molecule has 0 bridgehead atoms. The van der Waals surface area contributed by atoms with Gasteiger partial charge in [0.1, 0.15) is 11.6 Å². The first-order valence-corrected chi connectivity index (χ1v) is 7.59. The highest BCUT2D eigenvalue weighted by atomic mass is 19.4. The maximum absolute atomic E-state index is 13.5. The number of nitrogens with two attached hydrogens (primary N) is 1. The molecule has 1 heterocycles. The molecular formula is C17H13F6N3O. The Morgan fingerprint density at radius 3 is 2.44 bits per heavy atom. The molecule has 0 saturated carbocycles. The maximum atomic E-state index is 13.5. The standard InChI is InChI=1S/C17H13F6N3O/c1-26-13-6-9(2-4-12(13)15(24)25-26)11-5-3-10(18)7-14(11)27-8-16(19,20)17(21,22)23/h2-7H,8H2,1H3,(H2,24,25). The highest BCUT2D eigenvalue weighted by Gasteiger charge is 2.58. The summed E-state index contributed by atoms with van der Waals surface area (Å²) < 4.78 is 82.9. The van der Waals surface area contributed by atoms with Crippen molar-refractivity contribution in [1.82, 2.24) is 9.78 Å². The van der Waals surface area contributed by atoms with Crippen LogP contribution in [-0.2, 0) is 7.05 Å². The largest absolute Gasteiger partial charge is 0.486 e. The summed E-state index contributed by atoms with van der Waals surface area (Å²) in [6.45, 7) is -1.96. The summed E-state index contributed by atoms with van der Waals surface area (Å²) in [4.78, 5) is 0. The molecule has 0 aliphatic heterocycles. The van der Waals surface area contributed by atoms with Crippen molar-refractivity contribution < 1.29 is 31.1 Å². The van der Waals surface area contributed by atoms with E-state index in [1.54, 1.807) is 25.2 Å². The van der Waals surface area contributed by atoms with Crippen molar-refractivity contribution in [2.75, 3.05) is 12.3 Å². The Labute approximate surface area is 149 Å². The summed E-state index contributed by atoms with van der Waals surface area (Å²) in [5, 5.41) is 4.67. The van der Waals surface area contributed by atoms with Gasteiger partial charge in [-0.25, -0.2) is 4.39 Å². The van der Waals surface area contributed by atoms with Gasteiger partial charge in [0.15, 0.2) is 12.4 Å². The van der Waals surface area contributed by atoms with E-state index < -0.39 is 30.3 Å². The smallest absolute Gasteiger partial charge is 0.456 e. The van der Waals surface area contributed by atoms with Crippen molar-refractivity contribution in [3.63, 3.8) is 0 Å². The zero-order chi connectivity index (χ0) is 20.0. The average Bonchev–Trinajstić information content (AvgIpc) is 2.86. The molecule has 0 unspecified atom stereocenters. The van der Waals surface area contributed by atoms with E-state index in [0.717, 1.165) is 12.1 Å². The minimum atomic E-state index is -5.77. The van der Waals surface area contributed by atoms with Gasteiger partial charge in [-0.1, -0.05) is 6.07 Å². The molecule has 0 amide bonds. The normalized spacial score (nSPS) is 12.6. The Bertz CT molecular complexity index is 996. The highest BCUT2D eigenvalue weighted by molar-refractivity contribution is 5.92. The number of nitrogens with zero attached hydrogens (tertiary/aromatic N) is 2. The molecule has 144 valence electrons. The number of alkyl halides is 5. The summed E-state index contributed by atoms with van der Waals surface area (Å²) in [6, 6.07) is 7.81. The topological polar surface area (TPSA) is 53.1 Å². The molecule has 4 nitrogen and oxygen atoms in total. The molecule has 0 radical (unpaired) electrons. The Balaban J connectivity index is 2.01. The van der Waals surface area contributed by atoms with Crippen molar-refractivity contribution in [2.45, 2.75) is 12.1 Å². The molecule has 3 aromatic rings. The number of aromatic nitrogens is 2. The molecule has 10 heteroatoms. The Kier molecular flexibility index (Phi) is 4.44. The summed E-state index contributed by atoms with van der Waals surface area (Å²) in [7, 11) is 1.63. The highest BCUT2D eigenvalue weighted by Crippen LogP contribution is 2.38. The van der Waals surface area contributed by atoms with Crippen molar-refractivity contribution in [3.05, 3.63) is 42.2 Å². The van der Waals surface area contributed by atoms with Gasteiger partial charge in [-0.3, -0.25) is 4.68 Å². The van der Waals surface area contributed by atoms with Gasteiger partial charge < -0.3 is 10.5 Å². The third-order valence-electron chi connectivity index (χ3n) is 3.96. The van der Waals surface area contributed by atoms with Crippen LogP contribution in [0.3, 0.4) is 0 Å². The average molecular weight is 389 g/mol. The fourth-order valence-electron chi connectivity index (χ4n) is 2.56. The van der Waals surface area contributed by atoms with E-state index in [1.807, 2.05) is 0 Å². The molecular weight excluding hydrogens is 376 g/mol. The Morgan fingerprint density at radius 2 is 1.78 bits per heavy atom. The number of benzene rings is 2. The van der Waals surface area contributed by atoms with Crippen molar-refractivity contribution in [3.8, 4) is 16.9 Å². The SMILES string of the molecule is Cn1nc(N)c2ccc(-c3ccc(F)cc3OCC(F)(F)C(F)(F)F)cc21. The Hall–Kier alpha value is -2.91. The minimum absolute atomic E-state index is 0.149. The zero-order valence-electron chi connectivity index (χ0n) is 13.8. The molecule has 0 aliphatic carbocycles. The summed E-state index contributed by atoms with van der Waals surface area (Å²) in [6.07, 6.45) is -5.77. The third kappa shape index (κ3) is 3.51. The van der Waals surface area contributed by atoms with Crippen LogP contribution in [0.25, 0.3) is 22.0 Å². The predicted octanol–water partition coefficient (Wildman–Crippen LogP) is 4.54. The van der Waals surface area contributed by atoms with Crippen molar-refractivity contribution >= 4 is 16.7 Å². The number of aryl methyl sites for hydroxylation is 1. The summed E-state index contributed by atoms with van der Waals surface area (Å²) in [5.41, 5.74) is 6.92. The van der Waals surface area contributed by atoms with Gasteiger partial charge in [0.05, 0.1) is 5.52 Å². The van der Waals surface area contributed by atoms with E-state index in [1.165, 1.54) is 10.7 Å². The number of hydrogen-bond acceptors (Lipinski definition) is 3. The molecule has 0 saturated heterocycles. The first kappa shape index (κ1) is 18.9. The first-order chi connectivity index (χ1) is 12.5. The molecule has 0 aliphatic rings. The minimum Gasteiger partial charge on any atom is -0.486 e. The molecule has 0 spiro atoms. The molecule has 2 N–H and O–H groups in total. The number of hydrogen-bond donors (Lipinski definition) is 1. The van der Waals surface area contributed by atoms with Crippen molar-refractivity contribution in [2.24, 2.45) is 7.05 Å². The van der Waals surface area contributed by atoms with Gasteiger partial charge >= 0.3 is 12.1 Å². The van der Waals surface area contributed by atoms with Gasteiger partial charge in [0.2, 0.25) is 0 Å². The van der Waals surface area contributed by atoms with Crippen LogP contribution < -0.4 is 10.5 Å². The lowest BCUT2D eigenvalue weighted by Gasteiger charge is -2.21. The van der Waals surface area contributed by atoms with Crippen LogP contribution in [-0.4, -0.2) is 28.5 Å². The number of nitrogen functional groups attached to an aromatic ring is 1. The lowest BCUT2D eigenvalue weighted by molar-refractivity contribution is -0.289. The van der Waals surface area contributed by atoms with Crippen LogP contribution >= 0.6 is 0 Å². The quantitative estimate of drug-likeness (QED) is 0.667. The zero-order valence-corrected chi connectivity index (χ0v) is 13.8. The van der Waals surface area contributed by atoms with Crippen LogP contribution in [0, 0.1) is 5.82 Å². The number of fused-ring (bicyclic) bond motifs is 1. The second-order valence-corrected chi connectivity index (χ2v) is 5.87.